The van der Waals surface area contributed by atoms with Crippen molar-refractivity contribution in [2.24, 2.45) is 0 Å². The second-order valence-corrected chi connectivity index (χ2v) is 20.8. The fourth-order valence-corrected chi connectivity index (χ4v) is 9.67. The first-order valence-electron chi connectivity index (χ1n) is 29.8. The van der Waals surface area contributed by atoms with E-state index in [2.05, 4.69) is 26.1 Å². The molecule has 3 atom stereocenters. The Balaban J connectivity index is 4.49. The fraction of sp³-hybridized carbons (Fsp3) is 0.966. The summed E-state index contributed by atoms with van der Waals surface area (Å²) in [5, 5.41) is 23.9. The third-order valence-electron chi connectivity index (χ3n) is 14.2. The summed E-state index contributed by atoms with van der Waals surface area (Å²) in [6.07, 6.45) is 60.3. The molecule has 6 heteroatoms. The summed E-state index contributed by atoms with van der Waals surface area (Å²) in [5.74, 6) is -0.443. The Morgan fingerprint density at radius 2 is 0.646 bits per heavy atom. The molecule has 1 amide bonds. The Bertz CT molecular complexity index is 944. The molecule has 0 bridgehead atoms. The number of rotatable bonds is 55. The van der Waals surface area contributed by atoms with Crippen LogP contribution in [0.2, 0.25) is 0 Å². The highest BCUT2D eigenvalue weighted by molar-refractivity contribution is 5.77. The number of esters is 1. The van der Waals surface area contributed by atoms with Gasteiger partial charge in [0.25, 0.3) is 0 Å². The molecule has 0 fully saturated rings. The van der Waals surface area contributed by atoms with Gasteiger partial charge in [-0.3, -0.25) is 9.59 Å². The van der Waals surface area contributed by atoms with Crippen LogP contribution in [0.25, 0.3) is 0 Å². The van der Waals surface area contributed by atoms with Crippen molar-refractivity contribution in [2.45, 2.75) is 360 Å². The van der Waals surface area contributed by atoms with Crippen molar-refractivity contribution in [2.75, 3.05) is 6.61 Å². The number of hydrogen-bond acceptors (Lipinski definition) is 5. The number of amides is 1. The maximum Gasteiger partial charge on any atom is 0.306 e. The van der Waals surface area contributed by atoms with Crippen molar-refractivity contribution in [3.63, 3.8) is 0 Å². The van der Waals surface area contributed by atoms with E-state index in [4.69, 9.17) is 4.74 Å². The van der Waals surface area contributed by atoms with Crippen LogP contribution in [0.5, 0.6) is 0 Å². The highest BCUT2D eigenvalue weighted by Crippen LogP contribution is 2.20. The number of carbonyl (C=O) groups is 2. The smallest absolute Gasteiger partial charge is 0.306 e. The molecular weight excluding hydrogens is 803 g/mol. The number of unbranched alkanes of at least 4 members (excludes halogenated alkanes) is 43. The molecule has 0 heterocycles. The Morgan fingerprint density at radius 3 is 0.938 bits per heavy atom. The minimum absolute atomic E-state index is 0.0888. The second-order valence-electron chi connectivity index (χ2n) is 20.8. The van der Waals surface area contributed by atoms with Crippen LogP contribution in [-0.2, 0) is 14.3 Å². The van der Waals surface area contributed by atoms with E-state index in [-0.39, 0.29) is 24.9 Å². The van der Waals surface area contributed by atoms with Crippen LogP contribution in [0, 0.1) is 0 Å². The summed E-state index contributed by atoms with van der Waals surface area (Å²) in [5.41, 5.74) is 0. The van der Waals surface area contributed by atoms with Crippen LogP contribution in [0.15, 0.2) is 0 Å². The van der Waals surface area contributed by atoms with Crippen molar-refractivity contribution >= 4 is 11.9 Å². The van der Waals surface area contributed by atoms with E-state index in [1.54, 1.807) is 0 Å². The third kappa shape index (κ3) is 49.1. The number of aliphatic hydroxyl groups is 2. The molecule has 0 saturated carbocycles. The van der Waals surface area contributed by atoms with Gasteiger partial charge in [-0.25, -0.2) is 0 Å². The summed E-state index contributed by atoms with van der Waals surface area (Å²) in [7, 11) is 0. The number of hydrogen-bond donors (Lipinski definition) is 3. The largest absolute Gasteiger partial charge is 0.462 e. The normalized spacial score (nSPS) is 13.0. The van der Waals surface area contributed by atoms with Crippen molar-refractivity contribution in [3.8, 4) is 0 Å². The highest BCUT2D eigenvalue weighted by atomic mass is 16.5. The van der Waals surface area contributed by atoms with Gasteiger partial charge in [0.15, 0.2) is 0 Å². The van der Waals surface area contributed by atoms with E-state index < -0.39 is 18.2 Å². The number of ether oxygens (including phenoxy) is 1. The molecule has 0 radical (unpaired) electrons. The van der Waals surface area contributed by atoms with Crippen LogP contribution < -0.4 is 5.32 Å². The quantitative estimate of drug-likeness (QED) is 0.0417. The summed E-state index contributed by atoms with van der Waals surface area (Å²) in [6.45, 7) is 6.54. The average molecular weight is 921 g/mol. The average Bonchev–Trinajstić information content (AvgIpc) is 3.30. The molecule has 0 saturated heterocycles. The third-order valence-corrected chi connectivity index (χ3v) is 14.2. The monoisotopic (exact) mass is 920 g/mol. The van der Waals surface area contributed by atoms with Crippen LogP contribution in [0.1, 0.15) is 342 Å². The Morgan fingerprint density at radius 1 is 0.385 bits per heavy atom. The topological polar surface area (TPSA) is 95.9 Å². The van der Waals surface area contributed by atoms with Gasteiger partial charge in [-0.15, -0.1) is 0 Å². The highest BCUT2D eigenvalue weighted by Gasteiger charge is 2.24. The molecule has 0 rings (SSSR count). The first-order valence-corrected chi connectivity index (χ1v) is 29.8. The summed E-state index contributed by atoms with van der Waals surface area (Å²) in [4.78, 5) is 26.3. The van der Waals surface area contributed by atoms with Crippen molar-refractivity contribution in [1.29, 1.82) is 0 Å². The molecule has 0 aromatic heterocycles. The van der Waals surface area contributed by atoms with Gasteiger partial charge in [0.1, 0.15) is 6.10 Å². The van der Waals surface area contributed by atoms with Gasteiger partial charge >= 0.3 is 5.97 Å². The fourth-order valence-electron chi connectivity index (χ4n) is 9.67. The van der Waals surface area contributed by atoms with Gasteiger partial charge in [0, 0.05) is 6.42 Å². The van der Waals surface area contributed by atoms with Crippen LogP contribution in [-0.4, -0.2) is 46.9 Å². The van der Waals surface area contributed by atoms with Crippen molar-refractivity contribution in [3.05, 3.63) is 0 Å². The van der Waals surface area contributed by atoms with Crippen LogP contribution >= 0.6 is 0 Å². The van der Waals surface area contributed by atoms with Crippen molar-refractivity contribution < 1.29 is 24.5 Å². The van der Waals surface area contributed by atoms with Crippen molar-refractivity contribution in [1.82, 2.24) is 5.32 Å². The molecule has 388 valence electrons. The maximum absolute atomic E-state index is 13.3. The zero-order valence-electron chi connectivity index (χ0n) is 44.4. The molecule has 3 N–H and O–H groups in total. The maximum atomic E-state index is 13.3. The van der Waals surface area contributed by atoms with Crippen LogP contribution in [0.3, 0.4) is 0 Å². The lowest BCUT2D eigenvalue weighted by Crippen LogP contribution is -2.46. The lowest BCUT2D eigenvalue weighted by Gasteiger charge is -2.24. The lowest BCUT2D eigenvalue weighted by molar-refractivity contribution is -0.151. The SMILES string of the molecule is CCCCCCCCCCCCCCCCCCCC(CC(=O)NC(CO)C(O)CCCCCCCCCCCCCCCC)OC(=O)CCCCCCCCCCCCCCCCC. The summed E-state index contributed by atoms with van der Waals surface area (Å²) < 4.78 is 5.98. The van der Waals surface area contributed by atoms with E-state index in [9.17, 15) is 19.8 Å². The number of aliphatic hydroxyl groups excluding tert-OH is 2. The molecule has 0 aromatic rings. The summed E-state index contributed by atoms with van der Waals surface area (Å²) in [6, 6.07) is -0.693. The van der Waals surface area contributed by atoms with Crippen LogP contribution in [0.4, 0.5) is 0 Å². The molecular formula is C59H117NO5. The molecule has 0 aliphatic carbocycles. The van der Waals surface area contributed by atoms with E-state index >= 15 is 0 Å². The Kier molecular flexibility index (Phi) is 52.9. The lowest BCUT2D eigenvalue weighted by atomic mass is 10.0. The zero-order valence-corrected chi connectivity index (χ0v) is 44.4. The second kappa shape index (κ2) is 53.8. The molecule has 0 aliphatic heterocycles. The molecule has 3 unspecified atom stereocenters. The predicted molar refractivity (Wildman–Crippen MR) is 283 cm³/mol. The van der Waals surface area contributed by atoms with Gasteiger partial charge in [-0.05, 0) is 25.7 Å². The standard InChI is InChI=1S/C59H117NO5/c1-4-7-10-13-16-19-22-25-28-29-31-32-35-38-41-44-47-50-55(65-59(64)52-49-46-43-40-37-34-30-26-23-20-17-14-11-8-5-2)53-58(63)60-56(54-61)57(62)51-48-45-42-39-36-33-27-24-21-18-15-12-9-6-3/h55-57,61-62H,4-54H2,1-3H3,(H,60,63). The Labute approximate surface area is 406 Å². The molecule has 0 aliphatic rings. The first kappa shape index (κ1) is 63.9. The molecule has 0 aromatic carbocycles. The van der Waals surface area contributed by atoms with Gasteiger partial charge < -0.3 is 20.3 Å². The minimum Gasteiger partial charge on any atom is -0.462 e. The predicted octanol–water partition coefficient (Wildman–Crippen LogP) is 18.3. The molecule has 65 heavy (non-hydrogen) atoms. The van der Waals surface area contributed by atoms with E-state index in [0.717, 1.165) is 38.5 Å². The Hall–Kier alpha value is -1.14. The van der Waals surface area contributed by atoms with E-state index in [0.29, 0.717) is 19.3 Å². The first-order chi connectivity index (χ1) is 32.0. The van der Waals surface area contributed by atoms with E-state index in [1.807, 2.05) is 0 Å². The van der Waals surface area contributed by atoms with E-state index in [1.165, 1.54) is 257 Å². The molecule has 6 nitrogen and oxygen atoms in total. The van der Waals surface area contributed by atoms with Gasteiger partial charge in [0.05, 0.1) is 25.2 Å². The minimum atomic E-state index is -0.780. The van der Waals surface area contributed by atoms with Gasteiger partial charge in [-0.2, -0.15) is 0 Å². The summed E-state index contributed by atoms with van der Waals surface area (Å²) >= 11 is 0. The zero-order chi connectivity index (χ0) is 47.4. The molecule has 0 spiro atoms. The van der Waals surface area contributed by atoms with Gasteiger partial charge in [0.2, 0.25) is 5.91 Å². The number of carbonyl (C=O) groups excluding carboxylic acids is 2. The number of nitrogens with one attached hydrogen (secondary N) is 1. The van der Waals surface area contributed by atoms with Gasteiger partial charge in [-0.1, -0.05) is 303 Å².